The molecule has 1 fully saturated rings. The van der Waals surface area contributed by atoms with E-state index in [1.807, 2.05) is 13.8 Å². The van der Waals surface area contributed by atoms with Crippen LogP contribution in [-0.4, -0.2) is 95.2 Å². The minimum atomic E-state index is -1.32. The van der Waals surface area contributed by atoms with E-state index >= 15 is 0 Å². The highest BCUT2D eigenvalue weighted by Gasteiger charge is 2.54. The van der Waals surface area contributed by atoms with Gasteiger partial charge in [0.15, 0.2) is 11.4 Å². The molecule has 44 heavy (non-hydrogen) atoms. The summed E-state index contributed by atoms with van der Waals surface area (Å²) in [6, 6.07) is 10.9. The van der Waals surface area contributed by atoms with Crippen LogP contribution in [0.5, 0.6) is 5.75 Å². The number of Topliss-reactive ketones (excluding diaryl/α,β-unsaturated/α-hetero) is 1. The average molecular weight is 610 g/mol. The van der Waals surface area contributed by atoms with E-state index < -0.39 is 48.5 Å². The Bertz CT molecular complexity index is 1350. The molecular weight excluding hydrogens is 570 g/mol. The zero-order chi connectivity index (χ0) is 31.9. The lowest BCUT2D eigenvalue weighted by molar-refractivity contribution is -0.133. The van der Waals surface area contributed by atoms with Gasteiger partial charge in [0, 0.05) is 12.1 Å². The third-order valence-corrected chi connectivity index (χ3v) is 7.61. The molecule has 0 radical (unpaired) electrons. The summed E-state index contributed by atoms with van der Waals surface area (Å²) in [5.74, 6) is -1.87. The molecule has 2 aromatic rings. The van der Waals surface area contributed by atoms with Crippen LogP contribution in [0.3, 0.4) is 0 Å². The third kappa shape index (κ3) is 7.68. The van der Waals surface area contributed by atoms with Gasteiger partial charge >= 0.3 is 0 Å². The molecule has 2 aliphatic heterocycles. The fraction of sp³-hybridized carbons (Fsp3) is 0.469. The van der Waals surface area contributed by atoms with Crippen molar-refractivity contribution in [3.8, 4) is 5.75 Å². The predicted molar refractivity (Wildman–Crippen MR) is 158 cm³/mol. The van der Waals surface area contributed by atoms with Crippen LogP contribution < -0.4 is 15.4 Å². The van der Waals surface area contributed by atoms with E-state index in [0.717, 1.165) is 0 Å². The smallest absolute Gasteiger partial charge is 0.261 e. The SMILES string of the molecule is CC(C)C[C@H](NC(=O)[C@H](CO)NC(=O)c1cccc(OCCCCCN2C(=O)c3ccccc3C2=O)c1)C(=O)[C@]1(CO)CO1. The molecule has 12 nitrogen and oxygen atoms in total. The van der Waals surface area contributed by atoms with Gasteiger partial charge < -0.3 is 30.3 Å². The summed E-state index contributed by atoms with van der Waals surface area (Å²) in [7, 11) is 0. The molecular formula is C32H39N3O9. The maximum Gasteiger partial charge on any atom is 0.261 e. The second kappa shape index (κ2) is 14.6. The van der Waals surface area contributed by atoms with Gasteiger partial charge in [-0.1, -0.05) is 32.0 Å². The summed E-state index contributed by atoms with van der Waals surface area (Å²) in [5.41, 5.74) is -0.245. The summed E-state index contributed by atoms with van der Waals surface area (Å²) in [5, 5.41) is 24.5. The van der Waals surface area contributed by atoms with Crippen LogP contribution in [0.4, 0.5) is 0 Å². The van der Waals surface area contributed by atoms with Gasteiger partial charge in [0.2, 0.25) is 5.91 Å². The highest BCUT2D eigenvalue weighted by Crippen LogP contribution is 2.30. The van der Waals surface area contributed by atoms with Crippen molar-refractivity contribution < 1.29 is 43.7 Å². The predicted octanol–water partition coefficient (Wildman–Crippen LogP) is 1.48. The average Bonchev–Trinajstić information content (AvgIpc) is 3.79. The van der Waals surface area contributed by atoms with E-state index in [4.69, 9.17) is 9.47 Å². The standard InChI is InChI=1S/C32H39N3O9/c1-20(2)15-25(27(38)32(18-37)19-44-32)33-29(40)26(17-36)34-28(39)21-9-8-10-22(16-21)43-14-7-3-6-13-35-30(41)23-11-4-5-12-24(23)31(35)42/h4-5,8-12,16,20,25-26,36-37H,3,6-7,13-15,17-19H2,1-2H3,(H,33,40)(H,34,39)/t25-,26-,32-/m0/s1. The first kappa shape index (κ1) is 32.8. The largest absolute Gasteiger partial charge is 0.494 e. The molecule has 4 rings (SSSR count). The Balaban J connectivity index is 1.23. The number of benzene rings is 2. The van der Waals surface area contributed by atoms with E-state index in [9.17, 15) is 34.2 Å². The number of nitrogens with zero attached hydrogens (tertiary/aromatic N) is 1. The minimum absolute atomic E-state index is 0.0417. The number of unbranched alkanes of at least 4 members (excludes halogenated alkanes) is 2. The van der Waals surface area contributed by atoms with Crippen LogP contribution in [-0.2, 0) is 14.3 Å². The van der Waals surface area contributed by atoms with Gasteiger partial charge in [-0.3, -0.25) is 28.9 Å². The zero-order valence-electron chi connectivity index (χ0n) is 24.9. The topological polar surface area (TPSA) is 175 Å². The Labute approximate surface area is 255 Å². The lowest BCUT2D eigenvalue weighted by Gasteiger charge is -2.24. The van der Waals surface area contributed by atoms with Gasteiger partial charge in [0.1, 0.15) is 11.8 Å². The number of carbonyl (C=O) groups excluding carboxylic acids is 5. The number of fused-ring (bicyclic) bond motifs is 1. The van der Waals surface area contributed by atoms with Crippen LogP contribution in [0.25, 0.3) is 0 Å². The molecule has 0 spiro atoms. The summed E-state index contributed by atoms with van der Waals surface area (Å²) in [6.45, 7) is 3.31. The molecule has 0 bridgehead atoms. The van der Waals surface area contributed by atoms with Crippen molar-refractivity contribution in [2.75, 3.05) is 33.0 Å². The first-order valence-corrected chi connectivity index (χ1v) is 14.8. The number of amides is 4. The second-order valence-corrected chi connectivity index (χ2v) is 11.4. The van der Waals surface area contributed by atoms with Crippen molar-refractivity contribution in [1.29, 1.82) is 0 Å². The molecule has 2 aliphatic rings. The van der Waals surface area contributed by atoms with Crippen molar-refractivity contribution in [2.24, 2.45) is 5.92 Å². The summed E-state index contributed by atoms with van der Waals surface area (Å²) >= 11 is 0. The van der Waals surface area contributed by atoms with Crippen LogP contribution >= 0.6 is 0 Å². The highest BCUT2D eigenvalue weighted by molar-refractivity contribution is 6.21. The number of hydrogen-bond donors (Lipinski definition) is 4. The Kier molecular flexibility index (Phi) is 10.8. The molecule has 0 aliphatic carbocycles. The number of carbonyl (C=O) groups is 5. The molecule has 0 unspecified atom stereocenters. The van der Waals surface area contributed by atoms with Gasteiger partial charge in [-0.2, -0.15) is 0 Å². The van der Waals surface area contributed by atoms with Crippen molar-refractivity contribution in [3.63, 3.8) is 0 Å². The molecule has 3 atom stereocenters. The fourth-order valence-electron chi connectivity index (χ4n) is 5.04. The summed E-state index contributed by atoms with van der Waals surface area (Å²) in [4.78, 5) is 65.0. The second-order valence-electron chi connectivity index (χ2n) is 11.4. The molecule has 12 heteroatoms. The lowest BCUT2D eigenvalue weighted by atomic mass is 9.92. The highest BCUT2D eigenvalue weighted by atomic mass is 16.6. The Morgan fingerprint density at radius 3 is 2.23 bits per heavy atom. The van der Waals surface area contributed by atoms with Crippen LogP contribution in [0.1, 0.15) is 70.6 Å². The number of epoxide rings is 1. The molecule has 2 aromatic carbocycles. The first-order valence-electron chi connectivity index (χ1n) is 14.8. The Morgan fingerprint density at radius 1 is 0.955 bits per heavy atom. The number of imide groups is 1. The van der Waals surface area contributed by atoms with E-state index in [1.54, 1.807) is 36.4 Å². The number of aliphatic hydroxyl groups excluding tert-OH is 2. The number of aliphatic hydroxyl groups is 2. The van der Waals surface area contributed by atoms with Gasteiger partial charge in [-0.25, -0.2) is 0 Å². The van der Waals surface area contributed by atoms with E-state index in [2.05, 4.69) is 10.6 Å². The monoisotopic (exact) mass is 609 g/mol. The minimum Gasteiger partial charge on any atom is -0.494 e. The van der Waals surface area contributed by atoms with Crippen molar-refractivity contribution in [3.05, 3.63) is 65.2 Å². The maximum absolute atomic E-state index is 12.9. The van der Waals surface area contributed by atoms with Crippen LogP contribution in [0.15, 0.2) is 48.5 Å². The normalized spacial score (nSPS) is 18.5. The fourth-order valence-corrected chi connectivity index (χ4v) is 5.04. The molecule has 0 saturated carbocycles. The van der Waals surface area contributed by atoms with E-state index in [1.165, 1.54) is 17.0 Å². The van der Waals surface area contributed by atoms with Gasteiger partial charge in [-0.15, -0.1) is 0 Å². The third-order valence-electron chi connectivity index (χ3n) is 7.61. The first-order chi connectivity index (χ1) is 21.1. The van der Waals surface area contributed by atoms with E-state index in [-0.39, 0.29) is 29.9 Å². The summed E-state index contributed by atoms with van der Waals surface area (Å²) in [6.07, 6.45) is 2.29. The van der Waals surface area contributed by atoms with Crippen LogP contribution in [0, 0.1) is 5.92 Å². The maximum atomic E-state index is 12.9. The van der Waals surface area contributed by atoms with Gasteiger partial charge in [0.05, 0.1) is 43.6 Å². The molecule has 4 N–H and O–H groups in total. The number of rotatable bonds is 17. The lowest BCUT2D eigenvalue weighted by Crippen LogP contribution is -2.55. The number of nitrogens with one attached hydrogen (secondary N) is 2. The van der Waals surface area contributed by atoms with Crippen molar-refractivity contribution in [2.45, 2.75) is 57.2 Å². The van der Waals surface area contributed by atoms with Crippen LogP contribution in [0.2, 0.25) is 0 Å². The molecule has 236 valence electrons. The molecule has 4 amide bonds. The number of ether oxygens (including phenoxy) is 2. The number of hydrogen-bond acceptors (Lipinski definition) is 9. The van der Waals surface area contributed by atoms with Gasteiger partial charge in [0.25, 0.3) is 17.7 Å². The van der Waals surface area contributed by atoms with Crippen molar-refractivity contribution >= 4 is 29.4 Å². The quantitative estimate of drug-likeness (QED) is 0.118. The Hall–Kier alpha value is -4.13. The Morgan fingerprint density at radius 2 is 1.64 bits per heavy atom. The molecule has 0 aromatic heterocycles. The molecule has 2 heterocycles. The summed E-state index contributed by atoms with van der Waals surface area (Å²) < 4.78 is 10.9. The molecule has 1 saturated heterocycles. The van der Waals surface area contributed by atoms with Crippen molar-refractivity contribution in [1.82, 2.24) is 15.5 Å². The van der Waals surface area contributed by atoms with Gasteiger partial charge in [-0.05, 0) is 61.9 Å². The number of ketones is 1. The van der Waals surface area contributed by atoms with E-state index in [0.29, 0.717) is 55.7 Å². The zero-order valence-corrected chi connectivity index (χ0v) is 24.9.